The minimum Gasteiger partial charge on any atom is -0.333 e. The second-order valence-electron chi connectivity index (χ2n) is 10.6. The highest BCUT2D eigenvalue weighted by molar-refractivity contribution is 7.19. The zero-order valence-electron chi connectivity index (χ0n) is 18.8. The molecule has 1 atom stereocenters. The molecule has 3 heterocycles. The van der Waals surface area contributed by atoms with Crippen LogP contribution in [0.1, 0.15) is 57.1 Å². The van der Waals surface area contributed by atoms with Gasteiger partial charge in [0.15, 0.2) is 11.0 Å². The molecule has 2 aromatic rings. The van der Waals surface area contributed by atoms with Crippen LogP contribution in [-0.2, 0) is 16.6 Å². The first-order valence-electron chi connectivity index (χ1n) is 12.0. The Hall–Kier alpha value is -2.22. The molecular weight excluding hydrogens is 422 g/mol. The smallest absolute Gasteiger partial charge is 0.248 e. The minimum atomic E-state index is -0.378. The SMILES string of the molecule is Cc1nc(NC(=O)C2CCCN2C(=O)C23CC4CC(CC(C4)C2)C3)sc1-c1nccn1C. The van der Waals surface area contributed by atoms with Gasteiger partial charge < -0.3 is 14.8 Å². The van der Waals surface area contributed by atoms with Crippen LogP contribution in [0.2, 0.25) is 0 Å². The van der Waals surface area contributed by atoms with E-state index < -0.39 is 0 Å². The first kappa shape index (κ1) is 20.4. The molecule has 5 aliphatic rings. The summed E-state index contributed by atoms with van der Waals surface area (Å²) >= 11 is 1.45. The van der Waals surface area contributed by atoms with Crippen molar-refractivity contribution >= 4 is 28.3 Å². The van der Waals surface area contributed by atoms with Crippen LogP contribution in [0.15, 0.2) is 12.4 Å². The van der Waals surface area contributed by atoms with Gasteiger partial charge in [-0.15, -0.1) is 0 Å². The number of carbonyl (C=O) groups excluding carboxylic acids is 2. The van der Waals surface area contributed by atoms with Crippen molar-refractivity contribution in [3.05, 3.63) is 18.1 Å². The number of aromatic nitrogens is 3. The predicted molar refractivity (Wildman–Crippen MR) is 123 cm³/mol. The molecule has 1 unspecified atom stereocenters. The van der Waals surface area contributed by atoms with E-state index in [1.807, 2.05) is 29.6 Å². The second kappa shape index (κ2) is 7.40. The van der Waals surface area contributed by atoms with E-state index in [1.165, 1.54) is 30.6 Å². The van der Waals surface area contributed by atoms with Crippen LogP contribution < -0.4 is 5.32 Å². The lowest BCUT2D eigenvalue weighted by atomic mass is 9.49. The Morgan fingerprint density at radius 1 is 1.16 bits per heavy atom. The molecule has 170 valence electrons. The first-order valence-corrected chi connectivity index (χ1v) is 12.8. The van der Waals surface area contributed by atoms with E-state index in [0.717, 1.165) is 66.3 Å². The highest BCUT2D eigenvalue weighted by atomic mass is 32.1. The molecule has 0 aromatic carbocycles. The average molecular weight is 454 g/mol. The second-order valence-corrected chi connectivity index (χ2v) is 11.6. The molecule has 32 heavy (non-hydrogen) atoms. The topological polar surface area (TPSA) is 80.1 Å². The van der Waals surface area contributed by atoms with Gasteiger partial charge in [-0.25, -0.2) is 9.97 Å². The molecule has 0 spiro atoms. The molecule has 0 radical (unpaired) electrons. The Bertz CT molecular complexity index is 1040. The number of amides is 2. The summed E-state index contributed by atoms with van der Waals surface area (Å²) in [6, 6.07) is -0.378. The fourth-order valence-corrected chi connectivity index (χ4v) is 8.40. The number of imidazole rings is 1. The lowest BCUT2D eigenvalue weighted by molar-refractivity contribution is -0.160. The molecule has 1 N–H and O–H groups in total. The largest absolute Gasteiger partial charge is 0.333 e. The Kier molecular flexibility index (Phi) is 4.72. The maximum atomic E-state index is 13.8. The molecule has 8 heteroatoms. The number of hydrogen-bond acceptors (Lipinski definition) is 5. The number of rotatable bonds is 4. The Labute approximate surface area is 192 Å². The van der Waals surface area contributed by atoms with Gasteiger partial charge in [-0.2, -0.15) is 0 Å². The van der Waals surface area contributed by atoms with Crippen molar-refractivity contribution < 1.29 is 9.59 Å². The van der Waals surface area contributed by atoms with Gasteiger partial charge in [0.2, 0.25) is 11.8 Å². The summed E-state index contributed by atoms with van der Waals surface area (Å²) < 4.78 is 1.95. The summed E-state index contributed by atoms with van der Waals surface area (Å²) in [4.78, 5) is 39.0. The number of hydrogen-bond donors (Lipinski definition) is 1. The quantitative estimate of drug-likeness (QED) is 0.759. The van der Waals surface area contributed by atoms with Gasteiger partial charge in [-0.05, 0) is 76.0 Å². The lowest BCUT2D eigenvalue weighted by Crippen LogP contribution is -2.56. The average Bonchev–Trinajstić information content (AvgIpc) is 3.46. The zero-order chi connectivity index (χ0) is 22.0. The Morgan fingerprint density at radius 3 is 2.47 bits per heavy atom. The number of carbonyl (C=O) groups is 2. The van der Waals surface area contributed by atoms with Gasteiger partial charge >= 0.3 is 0 Å². The monoisotopic (exact) mass is 453 g/mol. The zero-order valence-corrected chi connectivity index (χ0v) is 19.7. The lowest BCUT2D eigenvalue weighted by Gasteiger charge is -2.56. The fraction of sp³-hybridized carbons (Fsp3) is 0.667. The highest BCUT2D eigenvalue weighted by Crippen LogP contribution is 2.60. The van der Waals surface area contributed by atoms with Crippen molar-refractivity contribution in [3.63, 3.8) is 0 Å². The number of aryl methyl sites for hydroxylation is 2. The summed E-state index contributed by atoms with van der Waals surface area (Å²) in [5.74, 6) is 3.19. The van der Waals surface area contributed by atoms with Gasteiger partial charge in [0.1, 0.15) is 6.04 Å². The van der Waals surface area contributed by atoms with Crippen LogP contribution in [-0.4, -0.2) is 43.8 Å². The Morgan fingerprint density at radius 2 is 1.84 bits per heavy atom. The van der Waals surface area contributed by atoms with Gasteiger partial charge in [-0.3, -0.25) is 9.59 Å². The molecule has 7 rings (SSSR count). The van der Waals surface area contributed by atoms with Crippen LogP contribution >= 0.6 is 11.3 Å². The standard InChI is InChI=1S/C24H31N5O2S/c1-14-19(20-25-5-7-28(20)2)32-23(26-14)27-21(30)18-4-3-6-29(18)22(31)24-11-15-8-16(12-24)10-17(9-15)13-24/h5,7,15-18H,3-4,6,8-13H2,1-2H3,(H,26,27,30). The van der Waals surface area contributed by atoms with Gasteiger partial charge in [-0.1, -0.05) is 11.3 Å². The molecule has 1 aliphatic heterocycles. The summed E-state index contributed by atoms with van der Waals surface area (Å²) in [5.41, 5.74) is 0.660. The van der Waals surface area contributed by atoms with Crippen LogP contribution in [0.25, 0.3) is 10.7 Å². The third-order valence-corrected chi connectivity index (χ3v) is 9.43. The van der Waals surface area contributed by atoms with Gasteiger partial charge in [0, 0.05) is 26.0 Å². The van der Waals surface area contributed by atoms with E-state index in [2.05, 4.69) is 15.3 Å². The number of anilines is 1. The fourth-order valence-electron chi connectivity index (χ4n) is 7.39. The molecule has 1 saturated heterocycles. The Balaban J connectivity index is 1.19. The van der Waals surface area contributed by atoms with Crippen molar-refractivity contribution in [2.24, 2.45) is 30.2 Å². The van der Waals surface area contributed by atoms with Crippen LogP contribution in [0.5, 0.6) is 0 Å². The number of thiazole rings is 1. The van der Waals surface area contributed by atoms with Crippen molar-refractivity contribution in [2.45, 2.75) is 64.3 Å². The minimum absolute atomic E-state index is 0.0966. The normalized spacial score (nSPS) is 33.1. The van der Waals surface area contributed by atoms with E-state index in [-0.39, 0.29) is 23.3 Å². The van der Waals surface area contributed by atoms with E-state index >= 15 is 0 Å². The molecule has 2 aromatic heterocycles. The van der Waals surface area contributed by atoms with Crippen LogP contribution in [0.3, 0.4) is 0 Å². The first-order chi connectivity index (χ1) is 15.4. The molecule has 7 nitrogen and oxygen atoms in total. The molecule has 2 amide bonds. The van der Waals surface area contributed by atoms with Crippen LogP contribution in [0.4, 0.5) is 5.13 Å². The van der Waals surface area contributed by atoms with Crippen molar-refractivity contribution in [3.8, 4) is 10.7 Å². The number of likely N-dealkylation sites (tertiary alicyclic amines) is 1. The third kappa shape index (κ3) is 3.21. The molecule has 4 bridgehead atoms. The number of nitrogens with one attached hydrogen (secondary N) is 1. The molecule has 5 fully saturated rings. The van der Waals surface area contributed by atoms with Crippen molar-refractivity contribution in [2.75, 3.05) is 11.9 Å². The van der Waals surface area contributed by atoms with E-state index in [9.17, 15) is 9.59 Å². The number of nitrogens with zero attached hydrogens (tertiary/aromatic N) is 4. The summed E-state index contributed by atoms with van der Waals surface area (Å²) in [5, 5.41) is 3.61. The third-order valence-electron chi connectivity index (χ3n) is 8.36. The maximum absolute atomic E-state index is 13.8. The highest BCUT2D eigenvalue weighted by Gasteiger charge is 2.56. The summed E-state index contributed by atoms with van der Waals surface area (Å²) in [7, 11) is 1.95. The van der Waals surface area contributed by atoms with Gasteiger partial charge in [0.05, 0.1) is 16.0 Å². The van der Waals surface area contributed by atoms with E-state index in [1.54, 1.807) is 6.20 Å². The van der Waals surface area contributed by atoms with Crippen LogP contribution in [0, 0.1) is 30.1 Å². The van der Waals surface area contributed by atoms with Crippen molar-refractivity contribution in [1.29, 1.82) is 0 Å². The predicted octanol–water partition coefficient (Wildman–Crippen LogP) is 4.00. The summed E-state index contributed by atoms with van der Waals surface area (Å²) in [6.45, 7) is 2.64. The van der Waals surface area contributed by atoms with E-state index in [4.69, 9.17) is 0 Å². The molecular formula is C24H31N5O2S. The molecule has 4 saturated carbocycles. The summed E-state index contributed by atoms with van der Waals surface area (Å²) in [6.07, 6.45) is 12.4. The van der Waals surface area contributed by atoms with Crippen molar-refractivity contribution in [1.82, 2.24) is 19.4 Å². The molecule has 4 aliphatic carbocycles. The maximum Gasteiger partial charge on any atom is 0.248 e. The van der Waals surface area contributed by atoms with E-state index in [0.29, 0.717) is 11.7 Å². The van der Waals surface area contributed by atoms with Gasteiger partial charge in [0.25, 0.3) is 0 Å².